The third-order valence-corrected chi connectivity index (χ3v) is 5.32. The molecule has 1 saturated heterocycles. The summed E-state index contributed by atoms with van der Waals surface area (Å²) < 4.78 is 5.27. The Morgan fingerprint density at radius 2 is 1.86 bits per heavy atom. The molecule has 1 amide bonds. The van der Waals surface area contributed by atoms with E-state index in [1.807, 2.05) is 31.2 Å². The number of carbonyl (C=O) groups excluding carboxylic acids is 1. The van der Waals surface area contributed by atoms with E-state index in [-0.39, 0.29) is 5.91 Å². The topological polar surface area (TPSA) is 54.5 Å². The molecule has 2 aromatic carbocycles. The number of carbonyl (C=O) groups is 1. The molecule has 4 rings (SSSR count). The molecule has 1 aliphatic heterocycles. The molecule has 5 nitrogen and oxygen atoms in total. The zero-order valence-corrected chi connectivity index (χ0v) is 16.4. The Balaban J connectivity index is 1.46. The van der Waals surface area contributed by atoms with Gasteiger partial charge in [-0.2, -0.15) is 0 Å². The molecule has 5 heteroatoms. The van der Waals surface area contributed by atoms with Crippen molar-refractivity contribution in [3.05, 3.63) is 65.4 Å². The number of amides is 1. The van der Waals surface area contributed by atoms with Gasteiger partial charge in [0.15, 0.2) is 0 Å². The molecule has 0 atom stereocenters. The SMILES string of the molecule is COc1ccc2nc(C)c(C(=O)NCc3ccc(N4CCCC4)cc3)cc2c1. The first kappa shape index (κ1) is 18.3. The minimum Gasteiger partial charge on any atom is -0.497 e. The van der Waals surface area contributed by atoms with E-state index < -0.39 is 0 Å². The summed E-state index contributed by atoms with van der Waals surface area (Å²) in [4.78, 5) is 19.7. The second-order valence-electron chi connectivity index (χ2n) is 7.22. The van der Waals surface area contributed by atoms with Crippen molar-refractivity contribution in [3.63, 3.8) is 0 Å². The van der Waals surface area contributed by atoms with Crippen molar-refractivity contribution >= 4 is 22.5 Å². The monoisotopic (exact) mass is 375 g/mol. The van der Waals surface area contributed by atoms with Crippen LogP contribution in [0.15, 0.2) is 48.5 Å². The van der Waals surface area contributed by atoms with Gasteiger partial charge in [0, 0.05) is 30.7 Å². The Bertz CT molecular complexity index is 993. The molecule has 1 aromatic heterocycles. The van der Waals surface area contributed by atoms with Crippen LogP contribution in [0.3, 0.4) is 0 Å². The summed E-state index contributed by atoms with van der Waals surface area (Å²) in [5.41, 5.74) is 4.52. The molecular weight excluding hydrogens is 350 g/mol. The van der Waals surface area contributed by atoms with E-state index in [4.69, 9.17) is 4.74 Å². The summed E-state index contributed by atoms with van der Waals surface area (Å²) in [6.07, 6.45) is 2.53. The maximum Gasteiger partial charge on any atom is 0.253 e. The quantitative estimate of drug-likeness (QED) is 0.730. The number of pyridine rings is 1. The summed E-state index contributed by atoms with van der Waals surface area (Å²) in [7, 11) is 1.63. The predicted molar refractivity (Wildman–Crippen MR) is 112 cm³/mol. The molecule has 3 aromatic rings. The largest absolute Gasteiger partial charge is 0.497 e. The third kappa shape index (κ3) is 3.79. The van der Waals surface area contributed by atoms with Crippen LogP contribution in [0.4, 0.5) is 5.69 Å². The number of nitrogens with zero attached hydrogens (tertiary/aromatic N) is 2. The van der Waals surface area contributed by atoms with Crippen molar-refractivity contribution in [2.24, 2.45) is 0 Å². The van der Waals surface area contributed by atoms with Gasteiger partial charge in [-0.05, 0) is 61.7 Å². The highest BCUT2D eigenvalue weighted by atomic mass is 16.5. The van der Waals surface area contributed by atoms with Crippen LogP contribution >= 0.6 is 0 Å². The van der Waals surface area contributed by atoms with Crippen LogP contribution in [0, 0.1) is 6.92 Å². The number of hydrogen-bond donors (Lipinski definition) is 1. The number of nitrogens with one attached hydrogen (secondary N) is 1. The highest BCUT2D eigenvalue weighted by Gasteiger charge is 2.14. The molecule has 1 aliphatic rings. The number of rotatable bonds is 5. The first-order chi connectivity index (χ1) is 13.6. The first-order valence-corrected chi connectivity index (χ1v) is 9.71. The molecule has 2 heterocycles. The number of methoxy groups -OCH3 is 1. The fourth-order valence-corrected chi connectivity index (χ4v) is 3.69. The highest BCUT2D eigenvalue weighted by Crippen LogP contribution is 2.23. The summed E-state index contributed by atoms with van der Waals surface area (Å²) in [6, 6.07) is 16.0. The van der Waals surface area contributed by atoms with Crippen molar-refractivity contribution in [1.29, 1.82) is 0 Å². The normalized spacial score (nSPS) is 13.7. The van der Waals surface area contributed by atoms with E-state index in [1.54, 1.807) is 7.11 Å². The zero-order valence-electron chi connectivity index (χ0n) is 16.4. The Morgan fingerprint density at radius 1 is 1.11 bits per heavy atom. The van der Waals surface area contributed by atoms with Crippen LogP contribution in [0.2, 0.25) is 0 Å². The van der Waals surface area contributed by atoms with Crippen molar-refractivity contribution in [3.8, 4) is 5.75 Å². The second-order valence-corrected chi connectivity index (χ2v) is 7.22. The lowest BCUT2D eigenvalue weighted by Gasteiger charge is -2.17. The summed E-state index contributed by atoms with van der Waals surface area (Å²) >= 11 is 0. The first-order valence-electron chi connectivity index (χ1n) is 9.71. The van der Waals surface area contributed by atoms with Crippen molar-refractivity contribution in [1.82, 2.24) is 10.3 Å². The van der Waals surface area contributed by atoms with Gasteiger partial charge >= 0.3 is 0 Å². The molecule has 1 fully saturated rings. The average molecular weight is 375 g/mol. The molecule has 0 spiro atoms. The van der Waals surface area contributed by atoms with Gasteiger partial charge in [0.25, 0.3) is 5.91 Å². The van der Waals surface area contributed by atoms with Crippen LogP contribution in [-0.2, 0) is 6.54 Å². The maximum atomic E-state index is 12.7. The van der Waals surface area contributed by atoms with E-state index in [0.717, 1.165) is 41.0 Å². The molecule has 0 radical (unpaired) electrons. The molecule has 0 aliphatic carbocycles. The Labute approximate surface area is 165 Å². The van der Waals surface area contributed by atoms with E-state index in [9.17, 15) is 4.79 Å². The summed E-state index contributed by atoms with van der Waals surface area (Å²) in [5, 5.41) is 3.91. The highest BCUT2D eigenvalue weighted by molar-refractivity contribution is 5.98. The van der Waals surface area contributed by atoms with Crippen LogP contribution in [0.5, 0.6) is 5.75 Å². The van der Waals surface area contributed by atoms with Crippen molar-refractivity contribution in [2.75, 3.05) is 25.1 Å². The lowest BCUT2D eigenvalue weighted by Crippen LogP contribution is -2.24. The minimum absolute atomic E-state index is 0.113. The van der Waals surface area contributed by atoms with Crippen molar-refractivity contribution in [2.45, 2.75) is 26.3 Å². The van der Waals surface area contributed by atoms with Gasteiger partial charge in [-0.3, -0.25) is 9.78 Å². The number of anilines is 1. The van der Waals surface area contributed by atoms with E-state index in [2.05, 4.69) is 39.5 Å². The number of hydrogen-bond acceptors (Lipinski definition) is 4. The van der Waals surface area contributed by atoms with Gasteiger partial charge in [-0.1, -0.05) is 12.1 Å². The van der Waals surface area contributed by atoms with Gasteiger partial charge in [-0.25, -0.2) is 0 Å². The summed E-state index contributed by atoms with van der Waals surface area (Å²) in [6.45, 7) is 4.63. The molecule has 1 N–H and O–H groups in total. The van der Waals surface area contributed by atoms with Crippen LogP contribution in [0.25, 0.3) is 10.9 Å². The number of benzene rings is 2. The molecule has 0 saturated carbocycles. The van der Waals surface area contributed by atoms with Crippen molar-refractivity contribution < 1.29 is 9.53 Å². The average Bonchev–Trinajstić information content (AvgIpc) is 3.26. The third-order valence-electron chi connectivity index (χ3n) is 5.32. The minimum atomic E-state index is -0.113. The van der Waals surface area contributed by atoms with E-state index in [1.165, 1.54) is 18.5 Å². The molecule has 0 unspecified atom stereocenters. The van der Waals surface area contributed by atoms with Gasteiger partial charge in [0.05, 0.1) is 23.9 Å². The standard InChI is InChI=1S/C23H25N3O2/c1-16-21(14-18-13-20(28-2)9-10-22(18)25-16)23(27)24-15-17-5-7-19(8-6-17)26-11-3-4-12-26/h5-10,13-14H,3-4,11-12,15H2,1-2H3,(H,24,27). The fraction of sp³-hybridized carbons (Fsp3) is 0.304. The van der Waals surface area contributed by atoms with Gasteiger partial charge in [-0.15, -0.1) is 0 Å². The second kappa shape index (κ2) is 7.89. The van der Waals surface area contributed by atoms with Crippen LogP contribution in [-0.4, -0.2) is 31.1 Å². The number of aryl methyl sites for hydroxylation is 1. The fourth-order valence-electron chi connectivity index (χ4n) is 3.69. The smallest absolute Gasteiger partial charge is 0.253 e. The number of ether oxygens (including phenoxy) is 1. The lowest BCUT2D eigenvalue weighted by molar-refractivity contribution is 0.0950. The summed E-state index contributed by atoms with van der Waals surface area (Å²) in [5.74, 6) is 0.640. The van der Waals surface area contributed by atoms with Gasteiger partial charge in [0.2, 0.25) is 0 Å². The number of fused-ring (bicyclic) bond motifs is 1. The predicted octanol–water partition coefficient (Wildman–Crippen LogP) is 4.08. The van der Waals surface area contributed by atoms with Crippen LogP contribution < -0.4 is 15.0 Å². The molecule has 144 valence electrons. The van der Waals surface area contributed by atoms with E-state index >= 15 is 0 Å². The van der Waals surface area contributed by atoms with E-state index in [0.29, 0.717) is 12.1 Å². The molecular formula is C23H25N3O2. The molecule has 28 heavy (non-hydrogen) atoms. The maximum absolute atomic E-state index is 12.7. The van der Waals surface area contributed by atoms with Crippen LogP contribution in [0.1, 0.15) is 34.5 Å². The molecule has 0 bridgehead atoms. The lowest BCUT2D eigenvalue weighted by atomic mass is 10.1. The van der Waals surface area contributed by atoms with Gasteiger partial charge in [0.1, 0.15) is 5.75 Å². The number of aromatic nitrogens is 1. The Hall–Kier alpha value is -3.08. The zero-order chi connectivity index (χ0) is 19.5. The Kier molecular flexibility index (Phi) is 5.15. The van der Waals surface area contributed by atoms with Gasteiger partial charge < -0.3 is 15.0 Å². The Morgan fingerprint density at radius 3 is 2.57 bits per heavy atom.